The molecule has 3 aromatic rings. The molecule has 2 aliphatic heterocycles. The van der Waals surface area contributed by atoms with E-state index in [1.54, 1.807) is 24.4 Å². The van der Waals surface area contributed by atoms with Gasteiger partial charge in [0.05, 0.1) is 11.1 Å². The van der Waals surface area contributed by atoms with Crippen LogP contribution in [0.1, 0.15) is 71.8 Å². The van der Waals surface area contributed by atoms with Crippen molar-refractivity contribution in [2.75, 3.05) is 13.1 Å². The summed E-state index contributed by atoms with van der Waals surface area (Å²) in [6.07, 6.45) is 4.50. The molecule has 3 unspecified atom stereocenters. The minimum atomic E-state index is -1.28. The lowest BCUT2D eigenvalue weighted by molar-refractivity contribution is 0.0386. The molecule has 11 nitrogen and oxygen atoms in total. The molecule has 2 fully saturated rings. The van der Waals surface area contributed by atoms with Gasteiger partial charge in [-0.25, -0.2) is 14.6 Å². The predicted molar refractivity (Wildman–Crippen MR) is 160 cm³/mol. The smallest absolute Gasteiger partial charge is 0.338 e. The van der Waals surface area contributed by atoms with Crippen LogP contribution in [0.15, 0.2) is 65.7 Å². The van der Waals surface area contributed by atoms with Crippen molar-refractivity contribution < 1.29 is 44.0 Å². The van der Waals surface area contributed by atoms with Crippen LogP contribution in [0.3, 0.4) is 0 Å². The number of fused-ring (bicyclic) bond motifs is 4. The van der Waals surface area contributed by atoms with Crippen LogP contribution in [0.4, 0.5) is 0 Å². The van der Waals surface area contributed by atoms with Gasteiger partial charge in [-0.15, -0.1) is 0 Å². The van der Waals surface area contributed by atoms with E-state index in [1.807, 2.05) is 0 Å². The van der Waals surface area contributed by atoms with E-state index in [2.05, 4.69) is 10.3 Å². The zero-order valence-electron chi connectivity index (χ0n) is 23.9. The van der Waals surface area contributed by atoms with Crippen LogP contribution in [-0.2, 0) is 4.74 Å². The quantitative estimate of drug-likeness (QED) is 0.245. The number of benzene rings is 3. The summed E-state index contributed by atoms with van der Waals surface area (Å²) in [6, 6.07) is 12.8. The standard InChI is InChI=1S/C34H28N2O9/c37-20-7-5-17(6-8-20)31(40)36-16-19-15-35-10-2-9-34(19)14-27(34)45-33(43)18-11-24(38)29-26(12-18)44-25-13-23(25)21-3-1-4-22(32(41)42)28(21)30(29)39/h1,3-8,11-13,16,19,25,27,35,37-38H,2,9-10,14-15H2,(H,41,42)/t19?,25?,27?,34-/m0/s1. The molecule has 2 heterocycles. The molecule has 1 spiro atoms. The SMILES string of the molecule is O=C(N=CC1CNCCC[C@]12CC2OC(=O)c1cc(O)c2c(c1)OC1C=C1c1cccc(C(=O)O)c1C2=O)c1ccc(O)cc1. The number of carbonyl (C=O) groups excluding carboxylic acids is 3. The lowest BCUT2D eigenvalue weighted by Crippen LogP contribution is -2.30. The average molecular weight is 609 g/mol. The second kappa shape index (κ2) is 10.7. The summed E-state index contributed by atoms with van der Waals surface area (Å²) in [5, 5.41) is 33.6. The van der Waals surface area contributed by atoms with Gasteiger partial charge in [-0.05, 0) is 79.9 Å². The topological polar surface area (TPSA) is 172 Å². The van der Waals surface area contributed by atoms with Crippen molar-refractivity contribution in [3.05, 3.63) is 94.1 Å². The first-order valence-corrected chi connectivity index (χ1v) is 14.6. The van der Waals surface area contributed by atoms with Crippen LogP contribution < -0.4 is 10.1 Å². The summed E-state index contributed by atoms with van der Waals surface area (Å²) < 4.78 is 11.9. The number of ketones is 1. The van der Waals surface area contributed by atoms with Crippen molar-refractivity contribution in [2.45, 2.75) is 31.5 Å². The molecule has 4 N–H and O–H groups in total. The Bertz CT molecular complexity index is 1840. The van der Waals surface area contributed by atoms with Crippen LogP contribution in [0.25, 0.3) is 5.57 Å². The molecule has 228 valence electrons. The Labute approximate surface area is 256 Å². The molecule has 11 heteroatoms. The monoisotopic (exact) mass is 608 g/mol. The highest BCUT2D eigenvalue weighted by Crippen LogP contribution is 2.58. The van der Waals surface area contributed by atoms with Gasteiger partial charge in [-0.1, -0.05) is 12.1 Å². The molecule has 1 saturated carbocycles. The number of ether oxygens (including phenoxy) is 2. The molecule has 7 rings (SSSR count). The van der Waals surface area contributed by atoms with Crippen LogP contribution in [-0.4, -0.2) is 70.5 Å². The van der Waals surface area contributed by atoms with E-state index in [0.29, 0.717) is 29.7 Å². The van der Waals surface area contributed by atoms with Crippen LogP contribution in [0.5, 0.6) is 17.2 Å². The molecular weight excluding hydrogens is 580 g/mol. The fourth-order valence-electron chi connectivity index (χ4n) is 6.49. The zero-order valence-corrected chi connectivity index (χ0v) is 23.9. The maximum atomic E-state index is 13.6. The molecule has 3 aromatic carbocycles. The first-order valence-electron chi connectivity index (χ1n) is 14.6. The predicted octanol–water partition coefficient (Wildman–Crippen LogP) is 4.01. The van der Waals surface area contributed by atoms with Crippen molar-refractivity contribution in [1.29, 1.82) is 0 Å². The highest BCUT2D eigenvalue weighted by atomic mass is 16.6. The minimum absolute atomic E-state index is 0.0184. The molecule has 0 aromatic heterocycles. The van der Waals surface area contributed by atoms with E-state index in [-0.39, 0.29) is 39.7 Å². The second-order valence-electron chi connectivity index (χ2n) is 11.8. The third-order valence-electron chi connectivity index (χ3n) is 9.04. The van der Waals surface area contributed by atoms with E-state index >= 15 is 0 Å². The lowest BCUT2D eigenvalue weighted by Gasteiger charge is -2.22. The van der Waals surface area contributed by atoms with Crippen molar-refractivity contribution in [3.8, 4) is 17.2 Å². The number of nitrogens with one attached hydrogen (secondary N) is 1. The highest BCUT2D eigenvalue weighted by molar-refractivity contribution is 6.20. The average Bonchev–Trinajstić information content (AvgIpc) is 3.94. The van der Waals surface area contributed by atoms with Crippen molar-refractivity contribution in [1.82, 2.24) is 5.32 Å². The maximum Gasteiger partial charge on any atom is 0.338 e. The number of phenols is 2. The van der Waals surface area contributed by atoms with Gasteiger partial charge in [0.2, 0.25) is 5.78 Å². The minimum Gasteiger partial charge on any atom is -0.508 e. The van der Waals surface area contributed by atoms with E-state index in [4.69, 9.17) is 9.47 Å². The number of nitrogens with zero attached hydrogens (tertiary/aromatic N) is 1. The van der Waals surface area contributed by atoms with E-state index in [1.165, 1.54) is 36.4 Å². The molecule has 45 heavy (non-hydrogen) atoms. The normalized spacial score (nSPS) is 24.6. The first kappa shape index (κ1) is 28.5. The summed E-state index contributed by atoms with van der Waals surface area (Å²) in [5.41, 5.74) is 0.514. The number of phenolic OH excluding ortho intramolecular Hbond substituents is 2. The fourth-order valence-corrected chi connectivity index (χ4v) is 6.49. The van der Waals surface area contributed by atoms with E-state index in [9.17, 15) is 34.5 Å². The molecule has 4 aliphatic rings. The maximum absolute atomic E-state index is 13.6. The Balaban J connectivity index is 1.13. The number of aromatic carboxylic acids is 1. The third-order valence-corrected chi connectivity index (χ3v) is 9.04. The molecule has 4 atom stereocenters. The van der Waals surface area contributed by atoms with Crippen molar-refractivity contribution in [2.24, 2.45) is 16.3 Å². The Morgan fingerprint density at radius 3 is 2.62 bits per heavy atom. The molecule has 0 bridgehead atoms. The van der Waals surface area contributed by atoms with Crippen LogP contribution >= 0.6 is 0 Å². The van der Waals surface area contributed by atoms with Crippen molar-refractivity contribution in [3.63, 3.8) is 0 Å². The number of hydrogen-bond donors (Lipinski definition) is 4. The van der Waals surface area contributed by atoms with E-state index in [0.717, 1.165) is 25.5 Å². The number of carboxylic acid groups (broad SMARTS) is 1. The number of amides is 1. The largest absolute Gasteiger partial charge is 0.508 e. The number of aliphatic imine (C=N–C) groups is 1. The third kappa shape index (κ3) is 5.04. The summed E-state index contributed by atoms with van der Waals surface area (Å²) in [6.45, 7) is 1.32. The molecular formula is C34H28N2O9. The molecule has 1 saturated heterocycles. The summed E-state index contributed by atoms with van der Waals surface area (Å²) in [7, 11) is 0. The van der Waals surface area contributed by atoms with Gasteiger partial charge in [0.1, 0.15) is 35.0 Å². The highest BCUT2D eigenvalue weighted by Gasteiger charge is 2.61. The first-order chi connectivity index (χ1) is 21.7. The van der Waals surface area contributed by atoms with Gasteiger partial charge >= 0.3 is 11.9 Å². The van der Waals surface area contributed by atoms with Gasteiger partial charge in [0, 0.05) is 40.8 Å². The van der Waals surface area contributed by atoms with Gasteiger partial charge in [0.15, 0.2) is 0 Å². The Morgan fingerprint density at radius 2 is 1.84 bits per heavy atom. The zero-order chi connectivity index (χ0) is 31.5. The number of hydrogen-bond acceptors (Lipinski definition) is 9. The lowest BCUT2D eigenvalue weighted by atomic mass is 9.86. The van der Waals surface area contributed by atoms with Gasteiger partial charge in [-0.2, -0.15) is 0 Å². The Hall–Kier alpha value is -5.29. The van der Waals surface area contributed by atoms with Gasteiger partial charge < -0.3 is 30.1 Å². The van der Waals surface area contributed by atoms with Crippen LogP contribution in [0.2, 0.25) is 0 Å². The van der Waals surface area contributed by atoms with Gasteiger partial charge in [-0.3, -0.25) is 9.59 Å². The van der Waals surface area contributed by atoms with Crippen LogP contribution in [0, 0.1) is 11.3 Å². The summed E-state index contributed by atoms with van der Waals surface area (Å²) in [5.74, 6) is -3.87. The number of carboxylic acids is 1. The van der Waals surface area contributed by atoms with Gasteiger partial charge in [0.25, 0.3) is 5.91 Å². The fraction of sp³-hybridized carbons (Fsp3) is 0.265. The van der Waals surface area contributed by atoms with Crippen molar-refractivity contribution >= 4 is 35.4 Å². The Kier molecular flexibility index (Phi) is 6.77. The number of aromatic hydroxyl groups is 2. The second-order valence-corrected chi connectivity index (χ2v) is 11.8. The number of rotatable bonds is 5. The molecule has 0 radical (unpaired) electrons. The summed E-state index contributed by atoms with van der Waals surface area (Å²) in [4.78, 5) is 55.8. The number of esters is 1. The Morgan fingerprint density at radius 1 is 1.04 bits per heavy atom. The molecule has 2 aliphatic carbocycles. The molecule has 1 amide bonds. The van der Waals surface area contributed by atoms with E-state index < -0.39 is 47.0 Å². The summed E-state index contributed by atoms with van der Waals surface area (Å²) >= 11 is 0. The number of carbonyl (C=O) groups is 4.